The molecule has 1 N–H and O–H groups in total. The van der Waals surface area contributed by atoms with Crippen molar-refractivity contribution in [2.24, 2.45) is 0 Å². The van der Waals surface area contributed by atoms with Gasteiger partial charge in [-0.3, -0.25) is 4.79 Å². The van der Waals surface area contributed by atoms with Crippen LogP contribution in [0.5, 0.6) is 0 Å². The third-order valence-electron chi connectivity index (χ3n) is 9.34. The Kier molecular flexibility index (Phi) is 39.5. The Balaban J connectivity index is 3.39. The molecule has 0 aliphatic carbocycles. The number of unbranched alkanes of at least 4 members (excludes halogenated alkanes) is 29. The van der Waals surface area contributed by atoms with E-state index in [4.69, 9.17) is 9.47 Å². The molecule has 0 aromatic carbocycles. The number of rotatable bonds is 39. The van der Waals surface area contributed by atoms with Crippen molar-refractivity contribution in [1.82, 2.24) is 0 Å². The summed E-state index contributed by atoms with van der Waals surface area (Å²) in [6.45, 7) is 5.37. The fourth-order valence-electron chi connectivity index (χ4n) is 6.21. The second-order valence-electron chi connectivity index (χ2n) is 14.1. The van der Waals surface area contributed by atoms with Gasteiger partial charge in [-0.05, 0) is 38.5 Å². The van der Waals surface area contributed by atoms with Gasteiger partial charge >= 0.3 is 5.97 Å². The SMILES string of the molecule is CCCCCCCCC/C=C\CCCCCCCCCCOCC(CO)OC(=O)CCCCCCCCCCCCCCCCC. The van der Waals surface area contributed by atoms with Gasteiger partial charge in [-0.2, -0.15) is 0 Å². The summed E-state index contributed by atoms with van der Waals surface area (Å²) in [5, 5.41) is 9.58. The number of aliphatic hydroxyl groups is 1. The number of allylic oxidation sites excluding steroid dienone is 2. The minimum atomic E-state index is -0.529. The number of esters is 1. The molecule has 0 aromatic heterocycles. The molecule has 0 rings (SSSR count). The molecule has 0 heterocycles. The molecule has 0 fully saturated rings. The third-order valence-corrected chi connectivity index (χ3v) is 9.34. The summed E-state index contributed by atoms with van der Waals surface area (Å²) in [7, 11) is 0. The summed E-state index contributed by atoms with van der Waals surface area (Å²) in [6, 6.07) is 0. The molecule has 46 heavy (non-hydrogen) atoms. The van der Waals surface area contributed by atoms with Gasteiger partial charge in [-0.15, -0.1) is 0 Å². The van der Waals surface area contributed by atoms with Crippen LogP contribution in [0.25, 0.3) is 0 Å². The van der Waals surface area contributed by atoms with E-state index < -0.39 is 6.10 Å². The van der Waals surface area contributed by atoms with Crippen LogP contribution in [0, 0.1) is 0 Å². The number of hydrogen-bond acceptors (Lipinski definition) is 4. The zero-order valence-corrected chi connectivity index (χ0v) is 31.4. The molecule has 0 spiro atoms. The van der Waals surface area contributed by atoms with Gasteiger partial charge in [0, 0.05) is 13.0 Å². The fraction of sp³-hybridized carbons (Fsp3) is 0.929. The van der Waals surface area contributed by atoms with Crippen LogP contribution in [0.3, 0.4) is 0 Å². The minimum Gasteiger partial charge on any atom is -0.457 e. The monoisotopic (exact) mass is 651 g/mol. The Bertz CT molecular complexity index is 604. The van der Waals surface area contributed by atoms with Gasteiger partial charge in [0.2, 0.25) is 0 Å². The summed E-state index contributed by atoms with van der Waals surface area (Å²) in [5.41, 5.74) is 0. The smallest absolute Gasteiger partial charge is 0.306 e. The average Bonchev–Trinajstić information content (AvgIpc) is 3.06. The van der Waals surface area contributed by atoms with E-state index >= 15 is 0 Å². The van der Waals surface area contributed by atoms with Crippen LogP contribution in [-0.4, -0.2) is 37.0 Å². The Morgan fingerprint density at radius 2 is 0.848 bits per heavy atom. The molecule has 0 aliphatic rings. The highest BCUT2D eigenvalue weighted by Crippen LogP contribution is 2.15. The van der Waals surface area contributed by atoms with Crippen molar-refractivity contribution >= 4 is 5.97 Å². The zero-order valence-electron chi connectivity index (χ0n) is 31.4. The van der Waals surface area contributed by atoms with Crippen molar-refractivity contribution in [3.05, 3.63) is 12.2 Å². The van der Waals surface area contributed by atoms with Gasteiger partial charge < -0.3 is 14.6 Å². The first-order chi connectivity index (χ1) is 22.7. The standard InChI is InChI=1S/C42H82O4/c1-3-5-7-9-11-13-15-17-19-20-21-22-24-26-28-30-32-34-36-38-45-40-41(39-43)46-42(44)37-35-33-31-29-27-25-23-18-16-14-12-10-8-6-4-2/h19-20,41,43H,3-18,21-40H2,1-2H3/b20-19-. The molecule has 1 atom stereocenters. The van der Waals surface area contributed by atoms with E-state index in [-0.39, 0.29) is 12.6 Å². The molecule has 274 valence electrons. The lowest BCUT2D eigenvalue weighted by Crippen LogP contribution is -2.27. The Morgan fingerprint density at radius 3 is 1.24 bits per heavy atom. The number of carbonyl (C=O) groups excluding carboxylic acids is 1. The van der Waals surface area contributed by atoms with Gasteiger partial charge in [0.25, 0.3) is 0 Å². The van der Waals surface area contributed by atoms with Crippen molar-refractivity contribution < 1.29 is 19.4 Å². The first-order valence-corrected chi connectivity index (χ1v) is 20.8. The molecule has 0 aliphatic heterocycles. The van der Waals surface area contributed by atoms with E-state index in [1.54, 1.807) is 0 Å². The van der Waals surface area contributed by atoms with Crippen molar-refractivity contribution in [2.45, 2.75) is 232 Å². The van der Waals surface area contributed by atoms with Gasteiger partial charge in [0.05, 0.1) is 13.2 Å². The highest BCUT2D eigenvalue weighted by molar-refractivity contribution is 5.69. The summed E-state index contributed by atoms with van der Waals surface area (Å²) in [6.07, 6.45) is 46.9. The van der Waals surface area contributed by atoms with E-state index in [0.717, 1.165) is 19.3 Å². The highest BCUT2D eigenvalue weighted by atomic mass is 16.6. The maximum Gasteiger partial charge on any atom is 0.306 e. The molecule has 1 unspecified atom stereocenters. The summed E-state index contributed by atoms with van der Waals surface area (Å²) < 4.78 is 11.2. The zero-order chi connectivity index (χ0) is 33.4. The van der Waals surface area contributed by atoms with Gasteiger partial charge in [0.15, 0.2) is 0 Å². The van der Waals surface area contributed by atoms with Crippen LogP contribution in [0.15, 0.2) is 12.2 Å². The largest absolute Gasteiger partial charge is 0.457 e. The number of ether oxygens (including phenoxy) is 2. The molecule has 4 heteroatoms. The predicted molar refractivity (Wildman–Crippen MR) is 201 cm³/mol. The van der Waals surface area contributed by atoms with E-state index in [2.05, 4.69) is 26.0 Å². The normalized spacial score (nSPS) is 12.3. The molecular formula is C42H82O4. The molecular weight excluding hydrogens is 568 g/mol. The van der Waals surface area contributed by atoms with Crippen molar-refractivity contribution in [2.75, 3.05) is 19.8 Å². The second kappa shape index (κ2) is 40.3. The first kappa shape index (κ1) is 45.1. The van der Waals surface area contributed by atoms with Crippen LogP contribution < -0.4 is 0 Å². The quantitative estimate of drug-likeness (QED) is 0.0408. The molecule has 0 radical (unpaired) electrons. The molecule has 0 saturated heterocycles. The molecule has 0 bridgehead atoms. The maximum atomic E-state index is 12.2. The topological polar surface area (TPSA) is 55.8 Å². The van der Waals surface area contributed by atoms with Gasteiger partial charge in [-0.25, -0.2) is 0 Å². The number of aliphatic hydroxyl groups excluding tert-OH is 1. The lowest BCUT2D eigenvalue weighted by Gasteiger charge is -2.16. The van der Waals surface area contributed by atoms with E-state index in [9.17, 15) is 9.90 Å². The predicted octanol–water partition coefficient (Wildman–Crippen LogP) is 13.4. The third kappa shape index (κ3) is 37.6. The second-order valence-corrected chi connectivity index (χ2v) is 14.1. The lowest BCUT2D eigenvalue weighted by atomic mass is 10.0. The van der Waals surface area contributed by atoms with Crippen LogP contribution in [0.2, 0.25) is 0 Å². The Morgan fingerprint density at radius 1 is 0.500 bits per heavy atom. The van der Waals surface area contributed by atoms with Crippen LogP contribution in [-0.2, 0) is 14.3 Å². The molecule has 0 saturated carbocycles. The highest BCUT2D eigenvalue weighted by Gasteiger charge is 2.13. The maximum absolute atomic E-state index is 12.2. The summed E-state index contributed by atoms with van der Waals surface area (Å²) in [5.74, 6) is -0.197. The van der Waals surface area contributed by atoms with Crippen molar-refractivity contribution in [3.63, 3.8) is 0 Å². The number of carbonyl (C=O) groups is 1. The van der Waals surface area contributed by atoms with Crippen molar-refractivity contribution in [1.29, 1.82) is 0 Å². The Labute approximate surface area is 288 Å². The molecule has 4 nitrogen and oxygen atoms in total. The summed E-state index contributed by atoms with van der Waals surface area (Å²) >= 11 is 0. The van der Waals surface area contributed by atoms with Crippen molar-refractivity contribution in [3.8, 4) is 0 Å². The first-order valence-electron chi connectivity index (χ1n) is 20.8. The number of hydrogen-bond donors (Lipinski definition) is 1. The van der Waals surface area contributed by atoms with E-state index in [1.165, 1.54) is 186 Å². The molecule has 0 aromatic rings. The Hall–Kier alpha value is -0.870. The lowest BCUT2D eigenvalue weighted by molar-refractivity contribution is -0.154. The van der Waals surface area contributed by atoms with Crippen LogP contribution >= 0.6 is 0 Å². The average molecular weight is 651 g/mol. The van der Waals surface area contributed by atoms with Crippen LogP contribution in [0.1, 0.15) is 226 Å². The van der Waals surface area contributed by atoms with E-state index in [0.29, 0.717) is 19.6 Å². The van der Waals surface area contributed by atoms with Crippen LogP contribution in [0.4, 0.5) is 0 Å². The molecule has 0 amide bonds. The minimum absolute atomic E-state index is 0.167. The van der Waals surface area contributed by atoms with Gasteiger partial charge in [-0.1, -0.05) is 193 Å². The van der Waals surface area contributed by atoms with Gasteiger partial charge in [0.1, 0.15) is 6.10 Å². The van der Waals surface area contributed by atoms with E-state index in [1.807, 2.05) is 0 Å². The summed E-state index contributed by atoms with van der Waals surface area (Å²) in [4.78, 5) is 12.2. The fourth-order valence-corrected chi connectivity index (χ4v) is 6.21.